The van der Waals surface area contributed by atoms with Crippen molar-refractivity contribution < 1.29 is 51.1 Å². The monoisotopic (exact) mass is 387 g/mol. The molecule has 10 N–H and O–H groups in total. The molecule has 11 heteroatoms. The molecule has 0 bridgehead atoms. The summed E-state index contributed by atoms with van der Waals surface area (Å²) in [5, 5.41) is 95.2. The van der Waals surface area contributed by atoms with Gasteiger partial charge < -0.3 is 51.1 Å². The third-order valence-electron chi connectivity index (χ3n) is 4.22. The van der Waals surface area contributed by atoms with Crippen molar-refractivity contribution in [3.05, 3.63) is 0 Å². The fraction of sp³-hybridized carbons (Fsp3) is 1.00. The summed E-state index contributed by atoms with van der Waals surface area (Å²) in [4.78, 5) is 1.43. The molecule has 0 aromatic heterocycles. The molecule has 0 radical (unpaired) electrons. The van der Waals surface area contributed by atoms with Crippen molar-refractivity contribution in [2.75, 3.05) is 26.3 Å². The van der Waals surface area contributed by atoms with Gasteiger partial charge in [-0.3, -0.25) is 4.90 Å². The van der Waals surface area contributed by atoms with E-state index in [0.29, 0.717) is 0 Å². The van der Waals surface area contributed by atoms with Gasteiger partial charge >= 0.3 is 0 Å². The van der Waals surface area contributed by atoms with Gasteiger partial charge in [-0.15, -0.1) is 0 Å². The lowest BCUT2D eigenvalue weighted by molar-refractivity contribution is -0.132. The average molecular weight is 387 g/mol. The Bertz CT molecular complexity index is 344. The Hall–Kier alpha value is -0.440. The molecule has 8 atom stereocenters. The molecule has 0 fully saturated rings. The molecule has 0 saturated carbocycles. The predicted molar refractivity (Wildman–Crippen MR) is 88.9 cm³/mol. The van der Waals surface area contributed by atoms with E-state index >= 15 is 0 Å². The number of aliphatic hydroxyl groups is 10. The largest absolute Gasteiger partial charge is 0.394 e. The van der Waals surface area contributed by atoms with Crippen molar-refractivity contribution in [3.63, 3.8) is 0 Å². The topological polar surface area (TPSA) is 206 Å². The van der Waals surface area contributed by atoms with E-state index in [1.165, 1.54) is 4.90 Å². The lowest BCUT2D eigenvalue weighted by Gasteiger charge is -2.35. The minimum absolute atomic E-state index is 0.267. The maximum absolute atomic E-state index is 10.0. The smallest absolute Gasteiger partial charge is 0.111 e. The second kappa shape index (κ2) is 12.1. The van der Waals surface area contributed by atoms with Crippen molar-refractivity contribution in [1.29, 1.82) is 0 Å². The fourth-order valence-electron chi connectivity index (χ4n) is 2.32. The van der Waals surface area contributed by atoms with E-state index in [2.05, 4.69) is 0 Å². The van der Waals surface area contributed by atoms with Crippen LogP contribution in [0.3, 0.4) is 0 Å². The van der Waals surface area contributed by atoms with E-state index in [1.807, 2.05) is 0 Å². The van der Waals surface area contributed by atoms with Gasteiger partial charge in [0.15, 0.2) is 0 Å². The molecule has 0 aliphatic rings. The van der Waals surface area contributed by atoms with Gasteiger partial charge in [-0.25, -0.2) is 0 Å². The maximum Gasteiger partial charge on any atom is 0.111 e. The van der Waals surface area contributed by atoms with E-state index in [9.17, 15) is 40.9 Å². The number of aliphatic hydroxyl groups excluding tert-OH is 10. The molecule has 0 saturated heterocycles. The van der Waals surface area contributed by atoms with Crippen LogP contribution in [0.25, 0.3) is 0 Å². The molecule has 0 aromatic carbocycles. The first kappa shape index (κ1) is 25.6. The van der Waals surface area contributed by atoms with Crippen LogP contribution in [0.1, 0.15) is 13.8 Å². The van der Waals surface area contributed by atoms with Gasteiger partial charge in [-0.1, -0.05) is 0 Å². The van der Waals surface area contributed by atoms with Crippen LogP contribution in [0.2, 0.25) is 0 Å². The fourth-order valence-corrected chi connectivity index (χ4v) is 2.32. The van der Waals surface area contributed by atoms with E-state index in [0.717, 1.165) is 0 Å². The van der Waals surface area contributed by atoms with Crippen molar-refractivity contribution in [2.24, 2.45) is 0 Å². The summed E-state index contributed by atoms with van der Waals surface area (Å²) in [6.07, 6.45) is -13.5. The first-order chi connectivity index (χ1) is 12.0. The number of hydrogen-bond donors (Lipinski definition) is 10. The Kier molecular flexibility index (Phi) is 11.9. The number of rotatable bonds is 13. The highest BCUT2D eigenvalue weighted by Gasteiger charge is 2.34. The van der Waals surface area contributed by atoms with Crippen LogP contribution in [0.15, 0.2) is 0 Å². The summed E-state index contributed by atoms with van der Waals surface area (Å²) in [7, 11) is 0. The lowest BCUT2D eigenvalue weighted by Crippen LogP contribution is -2.54. The van der Waals surface area contributed by atoms with Crippen LogP contribution >= 0.6 is 0 Å². The van der Waals surface area contributed by atoms with Gasteiger partial charge in [-0.05, 0) is 13.8 Å². The molecule has 8 unspecified atom stereocenters. The highest BCUT2D eigenvalue weighted by atomic mass is 16.4. The van der Waals surface area contributed by atoms with Crippen LogP contribution in [0.4, 0.5) is 0 Å². The molecule has 0 heterocycles. The van der Waals surface area contributed by atoms with Crippen LogP contribution in [-0.2, 0) is 0 Å². The normalized spacial score (nSPS) is 21.9. The molecule has 26 heavy (non-hydrogen) atoms. The Labute approximate surface area is 152 Å². The minimum atomic E-state index is -1.79. The highest BCUT2D eigenvalue weighted by molar-refractivity contribution is 4.86. The highest BCUT2D eigenvalue weighted by Crippen LogP contribution is 2.12. The summed E-state index contributed by atoms with van der Waals surface area (Å²) in [6.45, 7) is 1.23. The second-order valence-electron chi connectivity index (χ2n) is 6.64. The molecule has 0 rings (SSSR count). The van der Waals surface area contributed by atoms with Crippen LogP contribution < -0.4 is 0 Å². The SMILES string of the molecule is CC(C)N(CC(O)C(O)C(O)C(O)CO)CC(O)C(O)C(O)C(O)CO. The molecule has 0 aliphatic heterocycles. The Morgan fingerprint density at radius 1 is 0.538 bits per heavy atom. The van der Waals surface area contributed by atoms with Gasteiger partial charge in [0.25, 0.3) is 0 Å². The molecule has 0 aromatic rings. The zero-order valence-corrected chi connectivity index (χ0v) is 14.9. The first-order valence-corrected chi connectivity index (χ1v) is 8.38. The molecule has 11 nitrogen and oxygen atoms in total. The van der Waals surface area contributed by atoms with Crippen molar-refractivity contribution in [3.8, 4) is 0 Å². The van der Waals surface area contributed by atoms with E-state index in [4.69, 9.17) is 10.2 Å². The third kappa shape index (κ3) is 7.66. The van der Waals surface area contributed by atoms with Crippen molar-refractivity contribution >= 4 is 0 Å². The number of nitrogens with zero attached hydrogens (tertiary/aromatic N) is 1. The van der Waals surface area contributed by atoms with E-state index in [1.54, 1.807) is 13.8 Å². The Morgan fingerprint density at radius 3 is 1.04 bits per heavy atom. The van der Waals surface area contributed by atoms with Gasteiger partial charge in [0.05, 0.1) is 25.4 Å². The van der Waals surface area contributed by atoms with Gasteiger partial charge in [0.1, 0.15) is 36.6 Å². The zero-order valence-electron chi connectivity index (χ0n) is 14.9. The average Bonchev–Trinajstić information content (AvgIpc) is 2.62. The van der Waals surface area contributed by atoms with E-state index < -0.39 is 62.0 Å². The lowest BCUT2D eigenvalue weighted by atomic mass is 10.0. The third-order valence-corrected chi connectivity index (χ3v) is 4.22. The van der Waals surface area contributed by atoms with Crippen molar-refractivity contribution in [2.45, 2.75) is 68.7 Å². The Balaban J connectivity index is 4.88. The summed E-state index contributed by atoms with van der Waals surface area (Å²) < 4.78 is 0. The summed E-state index contributed by atoms with van der Waals surface area (Å²) in [5.74, 6) is 0. The molecule has 0 spiro atoms. The first-order valence-electron chi connectivity index (χ1n) is 8.38. The molecule has 158 valence electrons. The summed E-state index contributed by atoms with van der Waals surface area (Å²) >= 11 is 0. The van der Waals surface area contributed by atoms with Crippen LogP contribution in [0, 0.1) is 0 Å². The quantitative estimate of drug-likeness (QED) is 0.144. The van der Waals surface area contributed by atoms with Gasteiger partial charge in [-0.2, -0.15) is 0 Å². The summed E-state index contributed by atoms with van der Waals surface area (Å²) in [5.41, 5.74) is 0. The summed E-state index contributed by atoms with van der Waals surface area (Å²) in [6, 6.07) is -0.293. The second-order valence-corrected chi connectivity index (χ2v) is 6.64. The van der Waals surface area contributed by atoms with Crippen LogP contribution in [0.5, 0.6) is 0 Å². The van der Waals surface area contributed by atoms with Crippen LogP contribution in [-0.4, -0.2) is 137 Å². The standard InChI is InChI=1S/C15H33NO10/c1-7(2)16(3-8(19)12(23)14(25)10(21)5-17)4-9(20)13(24)15(26)11(22)6-18/h7-15,17-26H,3-6H2,1-2H3. The molecule has 0 amide bonds. The minimum Gasteiger partial charge on any atom is -0.394 e. The number of hydrogen-bond acceptors (Lipinski definition) is 11. The Morgan fingerprint density at radius 2 is 0.808 bits per heavy atom. The molecule has 0 aliphatic carbocycles. The van der Waals surface area contributed by atoms with Gasteiger partial charge in [0.2, 0.25) is 0 Å². The molecular formula is C15H33NO10. The molecular weight excluding hydrogens is 354 g/mol. The van der Waals surface area contributed by atoms with Gasteiger partial charge in [0, 0.05) is 19.1 Å². The van der Waals surface area contributed by atoms with Crippen molar-refractivity contribution in [1.82, 2.24) is 4.90 Å². The maximum atomic E-state index is 10.0. The van der Waals surface area contributed by atoms with E-state index in [-0.39, 0.29) is 19.1 Å². The predicted octanol–water partition coefficient (Wildman–Crippen LogP) is -5.43. The zero-order chi connectivity index (χ0) is 20.6.